The van der Waals surface area contributed by atoms with Crippen molar-refractivity contribution in [2.75, 3.05) is 31.1 Å². The second-order valence-electron chi connectivity index (χ2n) is 6.21. The number of rotatable bonds is 5. The van der Waals surface area contributed by atoms with Gasteiger partial charge in [-0.25, -0.2) is 4.98 Å². The van der Waals surface area contributed by atoms with Crippen molar-refractivity contribution in [3.63, 3.8) is 0 Å². The van der Waals surface area contributed by atoms with Gasteiger partial charge in [0.05, 0.1) is 32.7 Å². The number of piperazine rings is 1. The van der Waals surface area contributed by atoms with Crippen molar-refractivity contribution in [3.8, 4) is 0 Å². The molecule has 1 saturated heterocycles. The van der Waals surface area contributed by atoms with Gasteiger partial charge in [0.15, 0.2) is 5.13 Å². The van der Waals surface area contributed by atoms with E-state index in [0.717, 1.165) is 31.3 Å². The molecule has 0 atom stereocenters. The fourth-order valence-corrected chi connectivity index (χ4v) is 4.10. The van der Waals surface area contributed by atoms with Gasteiger partial charge in [-0.1, -0.05) is 41.7 Å². The van der Waals surface area contributed by atoms with Crippen LogP contribution in [-0.2, 0) is 13.1 Å². The molecule has 1 aromatic carbocycles. The Morgan fingerprint density at radius 3 is 2.67 bits per heavy atom. The number of aromatic nitrogens is 3. The minimum atomic E-state index is 0.809. The first-order valence-corrected chi connectivity index (χ1v) is 9.23. The van der Waals surface area contributed by atoms with Crippen LogP contribution in [0, 0.1) is 0 Å². The summed E-state index contributed by atoms with van der Waals surface area (Å²) in [5, 5.41) is 5.41. The zero-order valence-corrected chi connectivity index (χ0v) is 14.5. The van der Waals surface area contributed by atoms with Crippen LogP contribution in [0.4, 0.5) is 5.13 Å². The third kappa shape index (κ3) is 3.66. The predicted octanol–water partition coefficient (Wildman–Crippen LogP) is 1.29. The summed E-state index contributed by atoms with van der Waals surface area (Å²) in [5.41, 5.74) is 1.43. The molecule has 24 heavy (non-hydrogen) atoms. The van der Waals surface area contributed by atoms with Crippen LogP contribution in [0.15, 0.2) is 55.0 Å². The molecule has 0 radical (unpaired) electrons. The second-order valence-corrected chi connectivity index (χ2v) is 7.31. The van der Waals surface area contributed by atoms with E-state index >= 15 is 0 Å². The highest BCUT2D eigenvalue weighted by molar-refractivity contribution is 7.15. The van der Waals surface area contributed by atoms with E-state index in [4.69, 9.17) is 0 Å². The average Bonchev–Trinajstić information content (AvgIpc) is 3.29. The Hall–Kier alpha value is -2.18. The normalized spacial score (nSPS) is 15.8. The summed E-state index contributed by atoms with van der Waals surface area (Å²) < 4.78 is 1.94. The molecule has 3 heterocycles. The topological polar surface area (TPSA) is 38.4 Å². The molecule has 1 N–H and O–H groups in total. The Labute approximate surface area is 146 Å². The van der Waals surface area contributed by atoms with E-state index in [1.54, 1.807) is 16.2 Å². The fraction of sp³-hybridized carbons (Fsp3) is 0.333. The molecule has 0 spiro atoms. The minimum absolute atomic E-state index is 0.809. The number of hydrogen-bond acceptors (Lipinski definition) is 4. The van der Waals surface area contributed by atoms with Gasteiger partial charge >= 0.3 is 0 Å². The molecule has 4 rings (SSSR count). The van der Waals surface area contributed by atoms with Crippen LogP contribution < -0.4 is 9.80 Å². The molecule has 0 unspecified atom stereocenters. The molecule has 2 aromatic heterocycles. The molecule has 0 saturated carbocycles. The van der Waals surface area contributed by atoms with E-state index in [2.05, 4.69) is 45.3 Å². The van der Waals surface area contributed by atoms with Gasteiger partial charge in [0, 0.05) is 29.0 Å². The SMILES string of the molecule is c1ccc(C[NH+]2CCN(c3ncc(Cn4cccn4)s3)CC2)cc1. The summed E-state index contributed by atoms with van der Waals surface area (Å²) in [4.78, 5) is 9.96. The van der Waals surface area contributed by atoms with Gasteiger partial charge in [-0.2, -0.15) is 5.10 Å². The van der Waals surface area contributed by atoms with Crippen LogP contribution in [0.3, 0.4) is 0 Å². The van der Waals surface area contributed by atoms with Gasteiger partial charge in [0.25, 0.3) is 0 Å². The number of hydrogen-bond donors (Lipinski definition) is 1. The maximum absolute atomic E-state index is 4.62. The van der Waals surface area contributed by atoms with Crippen molar-refractivity contribution in [2.45, 2.75) is 13.1 Å². The molecule has 3 aromatic rings. The molecular formula is C18H22N5S+. The van der Waals surface area contributed by atoms with Crippen molar-refractivity contribution in [1.82, 2.24) is 14.8 Å². The van der Waals surface area contributed by atoms with Gasteiger partial charge in [0.1, 0.15) is 6.54 Å². The smallest absolute Gasteiger partial charge is 0.185 e. The molecule has 6 heteroatoms. The Balaban J connectivity index is 1.32. The summed E-state index contributed by atoms with van der Waals surface area (Å²) in [6, 6.07) is 12.7. The molecule has 0 amide bonds. The van der Waals surface area contributed by atoms with Crippen molar-refractivity contribution in [2.24, 2.45) is 0 Å². The first-order chi connectivity index (χ1) is 11.9. The van der Waals surface area contributed by atoms with Crippen molar-refractivity contribution >= 4 is 16.5 Å². The average molecular weight is 340 g/mol. The lowest BCUT2D eigenvalue weighted by Crippen LogP contribution is -3.13. The van der Waals surface area contributed by atoms with Crippen molar-refractivity contribution in [1.29, 1.82) is 0 Å². The van der Waals surface area contributed by atoms with Gasteiger partial charge in [-0.3, -0.25) is 4.68 Å². The van der Waals surface area contributed by atoms with E-state index in [0.29, 0.717) is 0 Å². The number of quaternary nitrogens is 1. The predicted molar refractivity (Wildman–Crippen MR) is 96.5 cm³/mol. The van der Waals surface area contributed by atoms with Crippen LogP contribution >= 0.6 is 11.3 Å². The molecule has 0 aliphatic carbocycles. The number of benzene rings is 1. The number of nitrogens with zero attached hydrogens (tertiary/aromatic N) is 4. The molecule has 124 valence electrons. The van der Waals surface area contributed by atoms with Crippen LogP contribution in [0.2, 0.25) is 0 Å². The third-order valence-electron chi connectivity index (χ3n) is 4.46. The lowest BCUT2D eigenvalue weighted by atomic mass is 10.2. The summed E-state index contributed by atoms with van der Waals surface area (Å²) in [6.45, 7) is 6.43. The highest BCUT2D eigenvalue weighted by Crippen LogP contribution is 2.23. The van der Waals surface area contributed by atoms with Gasteiger partial charge in [-0.05, 0) is 6.07 Å². The number of anilines is 1. The molecule has 1 aliphatic rings. The fourth-order valence-electron chi connectivity index (χ4n) is 3.15. The number of thiazole rings is 1. The monoisotopic (exact) mass is 340 g/mol. The van der Waals surface area contributed by atoms with Gasteiger partial charge in [0.2, 0.25) is 0 Å². The molecule has 1 aliphatic heterocycles. The van der Waals surface area contributed by atoms with Crippen LogP contribution in [0.5, 0.6) is 0 Å². The van der Waals surface area contributed by atoms with E-state index in [1.165, 1.54) is 23.5 Å². The first kappa shape index (κ1) is 15.4. The van der Waals surface area contributed by atoms with Crippen LogP contribution in [0.1, 0.15) is 10.4 Å². The van der Waals surface area contributed by atoms with E-state index < -0.39 is 0 Å². The van der Waals surface area contributed by atoms with Gasteiger partial charge in [-0.15, -0.1) is 0 Å². The quantitative estimate of drug-likeness (QED) is 0.761. The summed E-state index contributed by atoms with van der Waals surface area (Å²) in [7, 11) is 0. The third-order valence-corrected chi connectivity index (χ3v) is 5.50. The van der Waals surface area contributed by atoms with E-state index in [9.17, 15) is 0 Å². The standard InChI is InChI=1S/C18H21N5S/c1-2-5-16(6-3-1)14-21-9-11-22(12-10-21)18-19-13-17(24-18)15-23-8-4-7-20-23/h1-8,13H,9-12,14-15H2/p+1. The Morgan fingerprint density at radius 2 is 1.92 bits per heavy atom. The largest absolute Gasteiger partial charge is 0.337 e. The minimum Gasteiger partial charge on any atom is -0.337 e. The summed E-state index contributed by atoms with van der Waals surface area (Å²) in [6.07, 6.45) is 5.80. The number of nitrogens with one attached hydrogen (secondary N) is 1. The lowest BCUT2D eigenvalue weighted by Gasteiger charge is -2.32. The van der Waals surface area contributed by atoms with Crippen LogP contribution in [-0.4, -0.2) is 40.9 Å². The maximum atomic E-state index is 4.62. The zero-order valence-electron chi connectivity index (χ0n) is 13.6. The molecule has 5 nitrogen and oxygen atoms in total. The summed E-state index contributed by atoms with van der Waals surface area (Å²) >= 11 is 1.79. The Morgan fingerprint density at radius 1 is 1.08 bits per heavy atom. The Bertz CT molecular complexity index is 745. The van der Waals surface area contributed by atoms with Crippen molar-refractivity contribution < 1.29 is 4.90 Å². The maximum Gasteiger partial charge on any atom is 0.185 e. The summed E-state index contributed by atoms with van der Waals surface area (Å²) in [5.74, 6) is 0. The van der Waals surface area contributed by atoms with Crippen molar-refractivity contribution in [3.05, 3.63) is 65.4 Å². The molecule has 0 bridgehead atoms. The molecular weight excluding hydrogens is 318 g/mol. The first-order valence-electron chi connectivity index (χ1n) is 8.41. The van der Waals surface area contributed by atoms with E-state index in [-0.39, 0.29) is 0 Å². The Kier molecular flexibility index (Phi) is 4.57. The van der Waals surface area contributed by atoms with Crippen LogP contribution in [0.25, 0.3) is 0 Å². The molecule has 1 fully saturated rings. The second kappa shape index (κ2) is 7.15. The highest BCUT2D eigenvalue weighted by atomic mass is 32.1. The van der Waals surface area contributed by atoms with E-state index in [1.807, 2.05) is 29.3 Å². The lowest BCUT2D eigenvalue weighted by molar-refractivity contribution is -0.914. The van der Waals surface area contributed by atoms with Gasteiger partial charge < -0.3 is 9.80 Å². The zero-order chi connectivity index (χ0) is 16.2. The highest BCUT2D eigenvalue weighted by Gasteiger charge is 2.22.